The van der Waals surface area contributed by atoms with Crippen LogP contribution in [0, 0.1) is 5.92 Å². The number of pyridine rings is 1. The van der Waals surface area contributed by atoms with Crippen LogP contribution in [0.25, 0.3) is 11.0 Å². The van der Waals surface area contributed by atoms with E-state index in [0.29, 0.717) is 30.9 Å². The minimum Gasteiger partial charge on any atom is -0.464 e. The van der Waals surface area contributed by atoms with Crippen LogP contribution in [0.5, 0.6) is 0 Å². The monoisotopic (exact) mass is 410 g/mol. The van der Waals surface area contributed by atoms with E-state index >= 15 is 0 Å². The fourth-order valence-corrected chi connectivity index (χ4v) is 5.83. The summed E-state index contributed by atoms with van der Waals surface area (Å²) in [5, 5.41) is 3.99. The van der Waals surface area contributed by atoms with Gasteiger partial charge in [0.25, 0.3) is 0 Å². The van der Waals surface area contributed by atoms with E-state index in [9.17, 15) is 13.2 Å². The van der Waals surface area contributed by atoms with Crippen molar-refractivity contribution < 1.29 is 17.6 Å². The molecule has 29 heavy (non-hydrogen) atoms. The van der Waals surface area contributed by atoms with E-state index in [4.69, 9.17) is 4.42 Å². The normalized spacial score (nSPS) is 19.1. The van der Waals surface area contributed by atoms with Gasteiger partial charge >= 0.3 is 0 Å². The van der Waals surface area contributed by atoms with Crippen LogP contribution >= 0.6 is 0 Å². The van der Waals surface area contributed by atoms with Crippen molar-refractivity contribution in [3.63, 3.8) is 0 Å². The van der Waals surface area contributed by atoms with Gasteiger partial charge in [0.1, 0.15) is 5.58 Å². The molecule has 2 aromatic heterocycles. The van der Waals surface area contributed by atoms with Gasteiger partial charge in [-0.15, -0.1) is 0 Å². The van der Waals surface area contributed by atoms with Crippen LogP contribution in [0.15, 0.2) is 57.1 Å². The Morgan fingerprint density at radius 2 is 2.03 bits per heavy atom. The summed E-state index contributed by atoms with van der Waals surface area (Å²) < 4.78 is 32.2. The minimum atomic E-state index is -3.75. The third-order valence-electron chi connectivity index (χ3n) is 6.03. The fraction of sp³-hybridized carbons (Fsp3) is 0.364. The molecule has 0 bridgehead atoms. The van der Waals surface area contributed by atoms with Crippen molar-refractivity contribution in [2.45, 2.75) is 54.5 Å². The van der Waals surface area contributed by atoms with Crippen LogP contribution in [0.1, 0.15) is 36.8 Å². The number of sulfone groups is 1. The van der Waals surface area contributed by atoms with Crippen LogP contribution in [-0.2, 0) is 27.5 Å². The summed E-state index contributed by atoms with van der Waals surface area (Å²) in [5.41, 5.74) is 2.40. The lowest BCUT2D eigenvalue weighted by atomic mass is 9.82. The molecule has 0 radical (unpaired) electrons. The molecule has 2 heterocycles. The van der Waals surface area contributed by atoms with E-state index in [1.165, 1.54) is 18.7 Å². The number of rotatable bonds is 5. The predicted molar refractivity (Wildman–Crippen MR) is 107 cm³/mol. The topological polar surface area (TPSA) is 89.3 Å². The lowest BCUT2D eigenvalue weighted by molar-refractivity contribution is -0.123. The zero-order chi connectivity index (χ0) is 20.0. The van der Waals surface area contributed by atoms with Gasteiger partial charge in [0.15, 0.2) is 5.03 Å². The number of nitrogens with zero attached hydrogens (tertiary/aromatic N) is 1. The van der Waals surface area contributed by atoms with Crippen molar-refractivity contribution in [3.05, 3.63) is 53.9 Å². The highest BCUT2D eigenvalue weighted by Gasteiger charge is 2.32. The summed E-state index contributed by atoms with van der Waals surface area (Å²) in [6.45, 7) is 0. The van der Waals surface area contributed by atoms with Crippen LogP contribution in [0.4, 0.5) is 0 Å². The van der Waals surface area contributed by atoms with E-state index in [0.717, 1.165) is 29.4 Å². The SMILES string of the molecule is O=C(CC1Cc2coc3ccc(S(=O)(=O)c4ccccn4)c(c23)C1)NC1CCC1. The molecule has 6 nitrogen and oxygen atoms in total. The summed E-state index contributed by atoms with van der Waals surface area (Å²) in [7, 11) is -3.75. The van der Waals surface area contributed by atoms with Gasteiger partial charge in [-0.05, 0) is 73.4 Å². The van der Waals surface area contributed by atoms with E-state index in [1.807, 2.05) is 0 Å². The third kappa shape index (κ3) is 3.23. The van der Waals surface area contributed by atoms with Crippen molar-refractivity contribution in [2.75, 3.05) is 0 Å². The van der Waals surface area contributed by atoms with Crippen LogP contribution in [0.3, 0.4) is 0 Å². The number of carbonyl (C=O) groups excluding carboxylic acids is 1. The van der Waals surface area contributed by atoms with Gasteiger partial charge in [-0.1, -0.05) is 6.07 Å². The van der Waals surface area contributed by atoms with Crippen LogP contribution in [0.2, 0.25) is 0 Å². The number of carbonyl (C=O) groups is 1. The maximum atomic E-state index is 13.3. The number of nitrogens with one attached hydrogen (secondary N) is 1. The molecule has 1 N–H and O–H groups in total. The Hall–Kier alpha value is -2.67. The molecule has 0 saturated heterocycles. The molecule has 1 atom stereocenters. The summed E-state index contributed by atoms with van der Waals surface area (Å²) in [6.07, 6.45) is 8.08. The fourth-order valence-electron chi connectivity index (χ4n) is 4.39. The standard InChI is InChI=1S/C22H22N2O4S/c25-20(24-16-4-3-5-16)12-14-10-15-13-28-18-7-8-19(17(11-14)22(15)18)29(26,27)21-6-1-2-9-23-21/h1-2,6-9,13-14,16H,3-5,10-12H2,(H,24,25). The molecule has 0 aliphatic heterocycles. The van der Waals surface area contributed by atoms with Crippen molar-refractivity contribution >= 4 is 26.7 Å². The zero-order valence-corrected chi connectivity index (χ0v) is 16.7. The molecule has 2 aliphatic carbocycles. The largest absolute Gasteiger partial charge is 0.464 e. The average Bonchev–Trinajstić information content (AvgIpc) is 3.10. The second kappa shape index (κ2) is 6.99. The van der Waals surface area contributed by atoms with Gasteiger partial charge in [0.2, 0.25) is 15.7 Å². The predicted octanol–water partition coefficient (Wildman–Crippen LogP) is 3.43. The number of benzene rings is 1. The van der Waals surface area contributed by atoms with Gasteiger partial charge in [0, 0.05) is 24.0 Å². The van der Waals surface area contributed by atoms with E-state index in [-0.39, 0.29) is 21.7 Å². The van der Waals surface area contributed by atoms with Crippen molar-refractivity contribution in [1.82, 2.24) is 10.3 Å². The molecule has 1 saturated carbocycles. The first-order chi connectivity index (χ1) is 14.0. The Kier molecular flexibility index (Phi) is 4.42. The summed E-state index contributed by atoms with van der Waals surface area (Å²) in [6, 6.07) is 8.49. The van der Waals surface area contributed by atoms with Crippen LogP contribution in [-0.4, -0.2) is 25.4 Å². The molecule has 1 unspecified atom stereocenters. The van der Waals surface area contributed by atoms with E-state index < -0.39 is 9.84 Å². The summed E-state index contributed by atoms with van der Waals surface area (Å²) in [4.78, 5) is 16.8. The maximum Gasteiger partial charge on any atom is 0.224 e. The Balaban J connectivity index is 1.50. The molecule has 3 aromatic rings. The highest BCUT2D eigenvalue weighted by molar-refractivity contribution is 7.91. The molecule has 1 fully saturated rings. The number of furan rings is 1. The van der Waals surface area contributed by atoms with Crippen molar-refractivity contribution in [1.29, 1.82) is 0 Å². The zero-order valence-electron chi connectivity index (χ0n) is 15.9. The van der Waals surface area contributed by atoms with Gasteiger partial charge < -0.3 is 9.73 Å². The second-order valence-corrected chi connectivity index (χ2v) is 9.89. The molecule has 0 spiro atoms. The Labute approximate surface area is 169 Å². The highest BCUT2D eigenvalue weighted by atomic mass is 32.2. The molecule has 1 amide bonds. The summed E-state index contributed by atoms with van der Waals surface area (Å²) in [5.74, 6) is 0.0939. The van der Waals surface area contributed by atoms with E-state index in [2.05, 4.69) is 10.3 Å². The number of amides is 1. The molecule has 7 heteroatoms. The first-order valence-electron chi connectivity index (χ1n) is 10.00. The quantitative estimate of drug-likeness (QED) is 0.696. The van der Waals surface area contributed by atoms with Gasteiger partial charge in [0.05, 0.1) is 11.2 Å². The Morgan fingerprint density at radius 1 is 1.17 bits per heavy atom. The number of hydrogen-bond acceptors (Lipinski definition) is 5. The van der Waals surface area contributed by atoms with Gasteiger partial charge in [-0.3, -0.25) is 4.79 Å². The smallest absolute Gasteiger partial charge is 0.224 e. The molecule has 2 aliphatic rings. The first-order valence-corrected chi connectivity index (χ1v) is 11.5. The maximum absolute atomic E-state index is 13.3. The minimum absolute atomic E-state index is 0.0329. The van der Waals surface area contributed by atoms with Gasteiger partial charge in [-0.25, -0.2) is 13.4 Å². The van der Waals surface area contributed by atoms with Gasteiger partial charge in [-0.2, -0.15) is 0 Å². The Bertz CT molecular complexity index is 1180. The Morgan fingerprint density at radius 3 is 2.76 bits per heavy atom. The molecule has 5 rings (SSSR count). The molecular formula is C22H22N2O4S. The molecular weight excluding hydrogens is 388 g/mol. The van der Waals surface area contributed by atoms with Crippen LogP contribution < -0.4 is 5.32 Å². The lowest BCUT2D eigenvalue weighted by Crippen LogP contribution is -2.40. The van der Waals surface area contributed by atoms with Crippen molar-refractivity contribution in [2.24, 2.45) is 5.92 Å². The van der Waals surface area contributed by atoms with E-state index in [1.54, 1.807) is 30.5 Å². The molecule has 150 valence electrons. The number of hydrogen-bond donors (Lipinski definition) is 1. The van der Waals surface area contributed by atoms with Crippen molar-refractivity contribution in [3.8, 4) is 0 Å². The number of aromatic nitrogens is 1. The highest BCUT2D eigenvalue weighted by Crippen LogP contribution is 2.39. The second-order valence-electron chi connectivity index (χ2n) is 8.02. The average molecular weight is 410 g/mol. The first kappa shape index (κ1) is 18.4. The lowest BCUT2D eigenvalue weighted by Gasteiger charge is -2.28. The third-order valence-corrected chi connectivity index (χ3v) is 7.78. The summed E-state index contributed by atoms with van der Waals surface area (Å²) >= 11 is 0. The molecule has 1 aromatic carbocycles.